The lowest BCUT2D eigenvalue weighted by Gasteiger charge is -2.20. The highest BCUT2D eigenvalue weighted by molar-refractivity contribution is 6.32. The molecular weight excluding hydrogens is 236 g/mol. The van der Waals surface area contributed by atoms with E-state index >= 15 is 0 Å². The number of hydrogen-bond acceptors (Lipinski definition) is 4. The summed E-state index contributed by atoms with van der Waals surface area (Å²) in [4.78, 5) is 10.6. The van der Waals surface area contributed by atoms with Crippen molar-refractivity contribution in [1.82, 2.24) is 9.97 Å². The molecule has 1 aromatic rings. The van der Waals surface area contributed by atoms with E-state index in [0.717, 1.165) is 25.3 Å². The lowest BCUT2D eigenvalue weighted by molar-refractivity contribution is 0.583. The van der Waals surface area contributed by atoms with Gasteiger partial charge in [0.05, 0.1) is 6.20 Å². The van der Waals surface area contributed by atoms with E-state index in [2.05, 4.69) is 34.0 Å². The molecule has 0 unspecified atom stereocenters. The van der Waals surface area contributed by atoms with Gasteiger partial charge in [-0.25, -0.2) is 4.98 Å². The Hall–Kier alpha value is -1.03. The molecule has 0 aliphatic heterocycles. The summed E-state index contributed by atoms with van der Waals surface area (Å²) in [5.41, 5.74) is 0. The Bertz CT molecular complexity index is 354. The van der Waals surface area contributed by atoms with Gasteiger partial charge >= 0.3 is 0 Å². The maximum Gasteiger partial charge on any atom is 0.224 e. The van der Waals surface area contributed by atoms with Gasteiger partial charge in [-0.3, -0.25) is 0 Å². The fraction of sp³-hybridized carbons (Fsp3) is 0.667. The van der Waals surface area contributed by atoms with Crippen LogP contribution in [0.25, 0.3) is 0 Å². The Balaban J connectivity index is 2.76. The van der Waals surface area contributed by atoms with E-state index < -0.39 is 0 Å². The molecule has 0 bridgehead atoms. The maximum atomic E-state index is 6.11. The van der Waals surface area contributed by atoms with Crippen LogP contribution in [0.5, 0.6) is 0 Å². The van der Waals surface area contributed by atoms with Crippen molar-refractivity contribution in [2.75, 3.05) is 30.4 Å². The van der Waals surface area contributed by atoms with Gasteiger partial charge in [0.25, 0.3) is 0 Å². The largest absolute Gasteiger partial charge is 0.358 e. The number of aromatic nitrogens is 2. The van der Waals surface area contributed by atoms with Gasteiger partial charge in [-0.1, -0.05) is 25.4 Å². The highest BCUT2D eigenvalue weighted by atomic mass is 35.5. The molecule has 1 aromatic heterocycles. The van der Waals surface area contributed by atoms with Gasteiger partial charge in [-0.15, -0.1) is 0 Å². The van der Waals surface area contributed by atoms with Crippen molar-refractivity contribution in [3.63, 3.8) is 0 Å². The smallest absolute Gasteiger partial charge is 0.224 e. The second kappa shape index (κ2) is 6.64. The van der Waals surface area contributed by atoms with E-state index in [9.17, 15) is 0 Å². The molecule has 5 heteroatoms. The molecule has 0 atom stereocenters. The quantitative estimate of drug-likeness (QED) is 0.850. The average Bonchev–Trinajstić information content (AvgIpc) is 2.29. The first-order chi connectivity index (χ1) is 8.04. The molecule has 1 rings (SSSR count). The third-order valence-corrected chi connectivity index (χ3v) is 2.73. The minimum Gasteiger partial charge on any atom is -0.358 e. The first kappa shape index (κ1) is 14.0. The Kier molecular flexibility index (Phi) is 5.48. The second-order valence-corrected chi connectivity index (χ2v) is 4.91. The zero-order valence-corrected chi connectivity index (χ0v) is 11.8. The standard InChI is InChI=1S/C12H21ClN4/c1-5-14-12-15-8-10(13)11(16-12)17(4)7-6-9(2)3/h8-9H,5-7H2,1-4H3,(H,14,15,16). The normalized spacial score (nSPS) is 10.7. The molecule has 96 valence electrons. The van der Waals surface area contributed by atoms with Crippen LogP contribution in [0, 0.1) is 5.92 Å². The van der Waals surface area contributed by atoms with Crippen molar-refractivity contribution in [2.45, 2.75) is 27.2 Å². The molecule has 4 nitrogen and oxygen atoms in total. The lowest BCUT2D eigenvalue weighted by atomic mass is 10.1. The van der Waals surface area contributed by atoms with Crippen molar-refractivity contribution >= 4 is 23.4 Å². The SMILES string of the molecule is CCNc1ncc(Cl)c(N(C)CCC(C)C)n1. The van der Waals surface area contributed by atoms with Crippen LogP contribution in [0.3, 0.4) is 0 Å². The van der Waals surface area contributed by atoms with Crippen molar-refractivity contribution in [1.29, 1.82) is 0 Å². The molecule has 0 radical (unpaired) electrons. The molecule has 0 saturated heterocycles. The molecule has 0 aliphatic carbocycles. The van der Waals surface area contributed by atoms with Crippen molar-refractivity contribution in [3.05, 3.63) is 11.2 Å². The molecular formula is C12H21ClN4. The van der Waals surface area contributed by atoms with Gasteiger partial charge in [0.15, 0.2) is 5.82 Å². The zero-order valence-electron chi connectivity index (χ0n) is 11.0. The number of anilines is 2. The average molecular weight is 257 g/mol. The summed E-state index contributed by atoms with van der Waals surface area (Å²) in [6.07, 6.45) is 2.77. The molecule has 0 saturated carbocycles. The van der Waals surface area contributed by atoms with Gasteiger partial charge in [0, 0.05) is 20.1 Å². The third-order valence-electron chi connectivity index (χ3n) is 2.46. The Labute approximate surface area is 108 Å². The van der Waals surface area contributed by atoms with Crippen molar-refractivity contribution < 1.29 is 0 Å². The minimum absolute atomic E-state index is 0.595. The van der Waals surface area contributed by atoms with Crippen LogP contribution in [0.2, 0.25) is 5.02 Å². The summed E-state index contributed by atoms with van der Waals surface area (Å²) in [6, 6.07) is 0. The van der Waals surface area contributed by atoms with Gasteiger partial charge in [0.2, 0.25) is 5.95 Å². The van der Waals surface area contributed by atoms with Gasteiger partial charge in [0.1, 0.15) is 5.02 Å². The molecule has 0 aliphatic rings. The predicted octanol–water partition coefficient (Wildman–Crippen LogP) is 3.04. The summed E-state index contributed by atoms with van der Waals surface area (Å²) in [5.74, 6) is 2.09. The van der Waals surface area contributed by atoms with E-state index in [0.29, 0.717) is 16.9 Å². The molecule has 0 amide bonds. The third kappa shape index (κ3) is 4.38. The monoisotopic (exact) mass is 256 g/mol. The van der Waals surface area contributed by atoms with E-state index in [1.54, 1.807) is 6.20 Å². The second-order valence-electron chi connectivity index (χ2n) is 4.50. The summed E-state index contributed by atoms with van der Waals surface area (Å²) in [6.45, 7) is 8.18. The van der Waals surface area contributed by atoms with E-state index in [1.807, 2.05) is 14.0 Å². The first-order valence-electron chi connectivity index (χ1n) is 6.02. The number of hydrogen-bond donors (Lipinski definition) is 1. The number of nitrogens with one attached hydrogen (secondary N) is 1. The topological polar surface area (TPSA) is 41.1 Å². The van der Waals surface area contributed by atoms with Crippen LogP contribution < -0.4 is 10.2 Å². The van der Waals surface area contributed by atoms with Gasteiger partial charge in [-0.2, -0.15) is 4.98 Å². The molecule has 0 spiro atoms. The number of halogens is 1. The van der Waals surface area contributed by atoms with Crippen LogP contribution in [-0.4, -0.2) is 30.1 Å². The van der Waals surface area contributed by atoms with Gasteiger partial charge in [-0.05, 0) is 19.3 Å². The van der Waals surface area contributed by atoms with Crippen LogP contribution in [0.15, 0.2) is 6.20 Å². The maximum absolute atomic E-state index is 6.11. The molecule has 1 heterocycles. The Morgan fingerprint density at radius 2 is 2.18 bits per heavy atom. The van der Waals surface area contributed by atoms with Gasteiger partial charge < -0.3 is 10.2 Å². The highest BCUT2D eigenvalue weighted by Crippen LogP contribution is 2.23. The predicted molar refractivity (Wildman–Crippen MR) is 73.9 cm³/mol. The molecule has 0 aromatic carbocycles. The minimum atomic E-state index is 0.595. The summed E-state index contributed by atoms with van der Waals surface area (Å²) in [5, 5.41) is 3.68. The van der Waals surface area contributed by atoms with Crippen molar-refractivity contribution in [3.8, 4) is 0 Å². The Morgan fingerprint density at radius 3 is 2.76 bits per heavy atom. The van der Waals surface area contributed by atoms with Crippen LogP contribution in [-0.2, 0) is 0 Å². The van der Waals surface area contributed by atoms with Crippen LogP contribution in [0.1, 0.15) is 27.2 Å². The van der Waals surface area contributed by atoms with Crippen LogP contribution in [0.4, 0.5) is 11.8 Å². The van der Waals surface area contributed by atoms with E-state index in [1.165, 1.54) is 0 Å². The summed E-state index contributed by atoms with van der Waals surface area (Å²) in [7, 11) is 2.01. The fourth-order valence-electron chi connectivity index (χ4n) is 1.43. The lowest BCUT2D eigenvalue weighted by Crippen LogP contribution is -2.22. The fourth-order valence-corrected chi connectivity index (χ4v) is 1.66. The van der Waals surface area contributed by atoms with E-state index in [4.69, 9.17) is 11.6 Å². The zero-order chi connectivity index (χ0) is 12.8. The summed E-state index contributed by atoms with van der Waals surface area (Å²) >= 11 is 6.11. The van der Waals surface area contributed by atoms with E-state index in [-0.39, 0.29) is 0 Å². The molecule has 17 heavy (non-hydrogen) atoms. The number of rotatable bonds is 6. The molecule has 1 N–H and O–H groups in total. The highest BCUT2D eigenvalue weighted by Gasteiger charge is 2.10. The summed E-state index contributed by atoms with van der Waals surface area (Å²) < 4.78 is 0. The van der Waals surface area contributed by atoms with Crippen LogP contribution >= 0.6 is 11.6 Å². The number of nitrogens with zero attached hydrogens (tertiary/aromatic N) is 3. The molecule has 0 fully saturated rings. The Morgan fingerprint density at radius 1 is 1.47 bits per heavy atom. The first-order valence-corrected chi connectivity index (χ1v) is 6.40. The van der Waals surface area contributed by atoms with Crippen molar-refractivity contribution in [2.24, 2.45) is 5.92 Å².